The Bertz CT molecular complexity index is 760. The van der Waals surface area contributed by atoms with E-state index in [1.807, 2.05) is 30.3 Å². The van der Waals surface area contributed by atoms with Gasteiger partial charge in [0.2, 0.25) is 0 Å². The monoisotopic (exact) mass is 371 g/mol. The van der Waals surface area contributed by atoms with Crippen LogP contribution in [-0.4, -0.2) is 32.7 Å². The van der Waals surface area contributed by atoms with Crippen LogP contribution in [0.4, 0.5) is 0 Å². The van der Waals surface area contributed by atoms with Gasteiger partial charge in [-0.1, -0.05) is 43.7 Å². The predicted octanol–water partition coefficient (Wildman–Crippen LogP) is 3.52. The molecule has 2 aromatic carbocycles. The van der Waals surface area contributed by atoms with Crippen molar-refractivity contribution in [2.45, 2.75) is 25.8 Å². The molecule has 27 heavy (non-hydrogen) atoms. The van der Waals surface area contributed by atoms with E-state index in [4.69, 9.17) is 14.2 Å². The lowest BCUT2D eigenvalue weighted by atomic mass is 10.0. The number of ether oxygens (including phenoxy) is 3. The number of nitrogens with one attached hydrogen (secondary N) is 1. The van der Waals surface area contributed by atoms with Gasteiger partial charge in [0.25, 0.3) is 5.91 Å². The van der Waals surface area contributed by atoms with Gasteiger partial charge in [0.05, 0.1) is 25.8 Å². The zero-order valence-corrected chi connectivity index (χ0v) is 15.9. The maximum absolute atomic E-state index is 12.2. The molecule has 0 saturated heterocycles. The second-order valence-corrected chi connectivity index (χ2v) is 5.97. The fourth-order valence-corrected chi connectivity index (χ4v) is 2.71. The van der Waals surface area contributed by atoms with Crippen LogP contribution >= 0.6 is 0 Å². The molecule has 0 radical (unpaired) electrons. The van der Waals surface area contributed by atoms with Crippen molar-refractivity contribution in [2.75, 3.05) is 20.8 Å². The van der Waals surface area contributed by atoms with Gasteiger partial charge in [-0.3, -0.25) is 4.79 Å². The number of hydrogen-bond acceptors (Lipinski definition) is 5. The number of esters is 1. The molecule has 0 aliphatic rings. The van der Waals surface area contributed by atoms with Crippen LogP contribution in [0.1, 0.15) is 41.7 Å². The van der Waals surface area contributed by atoms with Crippen LogP contribution < -0.4 is 14.8 Å². The summed E-state index contributed by atoms with van der Waals surface area (Å²) in [5.41, 5.74) is 1.31. The molecule has 0 saturated carbocycles. The van der Waals surface area contributed by atoms with E-state index in [0.717, 1.165) is 18.4 Å². The minimum Gasteiger partial charge on any atom is -0.493 e. The molecule has 1 N–H and O–H groups in total. The molecule has 0 unspecified atom stereocenters. The molecule has 2 aromatic rings. The number of amides is 1. The van der Waals surface area contributed by atoms with Crippen LogP contribution in [0.15, 0.2) is 48.5 Å². The molecule has 1 amide bonds. The molecule has 144 valence electrons. The largest absolute Gasteiger partial charge is 0.493 e. The van der Waals surface area contributed by atoms with E-state index in [9.17, 15) is 9.59 Å². The molecule has 0 aliphatic heterocycles. The van der Waals surface area contributed by atoms with Gasteiger partial charge in [0, 0.05) is 0 Å². The smallest absolute Gasteiger partial charge is 0.338 e. The Labute approximate surface area is 159 Å². The summed E-state index contributed by atoms with van der Waals surface area (Å²) in [6, 6.07) is 14.3. The van der Waals surface area contributed by atoms with Crippen LogP contribution in [0, 0.1) is 0 Å². The normalized spacial score (nSPS) is 11.4. The number of carbonyl (C=O) groups excluding carboxylic acids is 2. The van der Waals surface area contributed by atoms with Crippen molar-refractivity contribution in [3.8, 4) is 11.5 Å². The van der Waals surface area contributed by atoms with E-state index in [1.165, 1.54) is 20.3 Å². The summed E-state index contributed by atoms with van der Waals surface area (Å²) in [7, 11) is 3.00. The molecule has 0 spiro atoms. The van der Waals surface area contributed by atoms with Crippen LogP contribution in [0.25, 0.3) is 0 Å². The van der Waals surface area contributed by atoms with Crippen molar-refractivity contribution < 1.29 is 23.8 Å². The summed E-state index contributed by atoms with van der Waals surface area (Å²) in [6.07, 6.45) is 1.73. The molecule has 0 aromatic heterocycles. The van der Waals surface area contributed by atoms with Gasteiger partial charge in [0.1, 0.15) is 0 Å². The van der Waals surface area contributed by atoms with Gasteiger partial charge in [-0.25, -0.2) is 4.79 Å². The quantitative estimate of drug-likeness (QED) is 0.683. The van der Waals surface area contributed by atoms with E-state index >= 15 is 0 Å². The Kier molecular flexibility index (Phi) is 7.67. The zero-order chi connectivity index (χ0) is 19.6. The lowest BCUT2D eigenvalue weighted by Gasteiger charge is -2.18. The van der Waals surface area contributed by atoms with Crippen LogP contribution in [-0.2, 0) is 9.53 Å². The van der Waals surface area contributed by atoms with Crippen LogP contribution in [0.3, 0.4) is 0 Å². The second-order valence-electron chi connectivity index (χ2n) is 5.97. The highest BCUT2D eigenvalue weighted by atomic mass is 16.5. The SMILES string of the molecule is CCC[C@H](NC(=O)COC(=O)c1ccc(OC)c(OC)c1)c1ccccc1. The molecule has 6 heteroatoms. The summed E-state index contributed by atoms with van der Waals surface area (Å²) in [4.78, 5) is 24.4. The molecule has 0 fully saturated rings. The molecule has 0 bridgehead atoms. The van der Waals surface area contributed by atoms with E-state index < -0.39 is 5.97 Å². The summed E-state index contributed by atoms with van der Waals surface area (Å²) >= 11 is 0. The summed E-state index contributed by atoms with van der Waals surface area (Å²) in [6.45, 7) is 1.71. The summed E-state index contributed by atoms with van der Waals surface area (Å²) < 4.78 is 15.4. The highest BCUT2D eigenvalue weighted by Gasteiger charge is 2.17. The van der Waals surface area contributed by atoms with Crippen LogP contribution in [0.2, 0.25) is 0 Å². The fourth-order valence-electron chi connectivity index (χ4n) is 2.71. The third-order valence-electron chi connectivity index (χ3n) is 4.07. The Morgan fingerprint density at radius 3 is 2.33 bits per heavy atom. The van der Waals surface area contributed by atoms with E-state index in [0.29, 0.717) is 11.5 Å². The van der Waals surface area contributed by atoms with E-state index in [2.05, 4.69) is 12.2 Å². The van der Waals surface area contributed by atoms with Crippen molar-refractivity contribution in [2.24, 2.45) is 0 Å². The average Bonchev–Trinajstić information content (AvgIpc) is 2.71. The first-order valence-electron chi connectivity index (χ1n) is 8.82. The van der Waals surface area contributed by atoms with Crippen molar-refractivity contribution in [3.63, 3.8) is 0 Å². The van der Waals surface area contributed by atoms with Gasteiger partial charge in [-0.05, 0) is 30.2 Å². The average molecular weight is 371 g/mol. The third-order valence-corrected chi connectivity index (χ3v) is 4.07. The number of carbonyl (C=O) groups is 2. The second kappa shape index (κ2) is 10.2. The van der Waals surface area contributed by atoms with Crippen molar-refractivity contribution >= 4 is 11.9 Å². The first-order valence-corrected chi connectivity index (χ1v) is 8.82. The number of rotatable bonds is 9. The maximum atomic E-state index is 12.2. The molecule has 6 nitrogen and oxygen atoms in total. The van der Waals surface area contributed by atoms with Gasteiger partial charge in [-0.2, -0.15) is 0 Å². The van der Waals surface area contributed by atoms with Crippen LogP contribution in [0.5, 0.6) is 11.5 Å². The predicted molar refractivity (Wildman–Crippen MR) is 102 cm³/mol. The van der Waals surface area contributed by atoms with E-state index in [-0.39, 0.29) is 24.1 Å². The Morgan fingerprint density at radius 2 is 1.70 bits per heavy atom. The minimum atomic E-state index is -0.599. The lowest BCUT2D eigenvalue weighted by Crippen LogP contribution is -2.32. The molecular formula is C21H25NO5. The molecule has 0 aliphatic carbocycles. The molecule has 1 atom stereocenters. The molecule has 2 rings (SSSR count). The fraction of sp³-hybridized carbons (Fsp3) is 0.333. The third kappa shape index (κ3) is 5.74. The molecular weight excluding hydrogens is 346 g/mol. The highest BCUT2D eigenvalue weighted by Crippen LogP contribution is 2.27. The number of hydrogen-bond donors (Lipinski definition) is 1. The Balaban J connectivity index is 1.95. The number of methoxy groups -OCH3 is 2. The highest BCUT2D eigenvalue weighted by molar-refractivity contribution is 5.92. The van der Waals surface area contributed by atoms with Crippen molar-refractivity contribution in [3.05, 3.63) is 59.7 Å². The van der Waals surface area contributed by atoms with E-state index in [1.54, 1.807) is 12.1 Å². The standard InChI is InChI=1S/C21H25NO5/c1-4-8-17(15-9-6-5-7-10-15)22-20(23)14-27-21(24)16-11-12-18(25-2)19(13-16)26-3/h5-7,9-13,17H,4,8,14H2,1-3H3,(H,22,23)/t17-/m0/s1. The minimum absolute atomic E-state index is 0.108. The first-order chi connectivity index (χ1) is 13.1. The topological polar surface area (TPSA) is 73.9 Å². The maximum Gasteiger partial charge on any atom is 0.338 e. The van der Waals surface area contributed by atoms with Crippen molar-refractivity contribution in [1.29, 1.82) is 0 Å². The van der Waals surface area contributed by atoms with Gasteiger partial charge in [0.15, 0.2) is 18.1 Å². The van der Waals surface area contributed by atoms with Gasteiger partial charge >= 0.3 is 5.97 Å². The Hall–Kier alpha value is -3.02. The summed E-state index contributed by atoms with van der Waals surface area (Å²) in [5, 5.41) is 2.92. The Morgan fingerprint density at radius 1 is 1.00 bits per heavy atom. The first kappa shape index (κ1) is 20.3. The van der Waals surface area contributed by atoms with Crippen molar-refractivity contribution in [1.82, 2.24) is 5.32 Å². The lowest BCUT2D eigenvalue weighted by molar-refractivity contribution is -0.125. The van der Waals surface area contributed by atoms with Gasteiger partial charge < -0.3 is 19.5 Å². The molecule has 0 heterocycles. The van der Waals surface area contributed by atoms with Gasteiger partial charge in [-0.15, -0.1) is 0 Å². The zero-order valence-electron chi connectivity index (χ0n) is 15.9. The number of benzene rings is 2. The summed E-state index contributed by atoms with van der Waals surface area (Å²) in [5.74, 6) is -0.00969.